The van der Waals surface area contributed by atoms with E-state index in [0.29, 0.717) is 10.7 Å². The molecule has 2 amide bonds. The first-order valence-electron chi connectivity index (χ1n) is 14.0. The molecule has 43 heavy (non-hydrogen) atoms. The smallest absolute Gasteiger partial charge is 0.325 e. The van der Waals surface area contributed by atoms with Crippen molar-refractivity contribution in [3.8, 4) is 11.4 Å². The van der Waals surface area contributed by atoms with Crippen molar-refractivity contribution in [1.82, 2.24) is 20.6 Å². The quantitative estimate of drug-likeness (QED) is 0.209. The number of carboxylic acids is 1. The summed E-state index contributed by atoms with van der Waals surface area (Å²) in [7, 11) is 0. The highest BCUT2D eigenvalue weighted by Gasteiger charge is 2.26. The van der Waals surface area contributed by atoms with Crippen molar-refractivity contribution in [3.05, 3.63) is 105 Å². The van der Waals surface area contributed by atoms with Gasteiger partial charge in [0.15, 0.2) is 5.82 Å². The molecule has 0 saturated heterocycles. The lowest BCUT2D eigenvalue weighted by Gasteiger charge is -2.20. The zero-order valence-corrected chi connectivity index (χ0v) is 25.7. The van der Waals surface area contributed by atoms with Crippen LogP contribution in [0.5, 0.6) is 0 Å². The van der Waals surface area contributed by atoms with Gasteiger partial charge < -0.3 is 15.7 Å². The van der Waals surface area contributed by atoms with Crippen LogP contribution in [0.2, 0.25) is 0 Å². The second-order valence-electron chi connectivity index (χ2n) is 11.5. The normalized spacial score (nSPS) is 13.0. The molecule has 0 bridgehead atoms. The van der Waals surface area contributed by atoms with Gasteiger partial charge in [-0.25, -0.2) is 9.97 Å². The van der Waals surface area contributed by atoms with Crippen LogP contribution in [-0.4, -0.2) is 44.9 Å². The lowest BCUT2D eigenvalue weighted by molar-refractivity contribution is -0.141. The topological polar surface area (TPSA) is 121 Å². The van der Waals surface area contributed by atoms with Gasteiger partial charge in [-0.3, -0.25) is 14.4 Å². The van der Waals surface area contributed by atoms with Crippen LogP contribution >= 0.6 is 11.3 Å². The molecule has 0 aliphatic heterocycles. The summed E-state index contributed by atoms with van der Waals surface area (Å²) in [6, 6.07) is 17.2. The molecule has 4 rings (SSSR count). The SMILES string of the molecule is Cc1ccc(C=Cc2cnc(-c3ccc(CC(NC(=O)c4ccc(C(C)(C)C)s4)C(=O)NC(C)C(=O)O)cc3)nc2)cc1. The molecule has 2 heterocycles. The van der Waals surface area contributed by atoms with E-state index in [2.05, 4.69) is 72.6 Å². The van der Waals surface area contributed by atoms with Gasteiger partial charge in [0, 0.05) is 34.8 Å². The highest BCUT2D eigenvalue weighted by molar-refractivity contribution is 7.14. The standard InChI is InChI=1S/C34H36N4O4S/c1-21-6-8-23(9-7-21)10-11-25-19-35-30(36-20-25)26-14-12-24(13-15-26)18-27(31(39)37-22(2)33(41)42)38-32(40)28-16-17-29(43-28)34(3,4)5/h6-17,19-20,22,27H,18H2,1-5H3,(H,37,39)(H,38,40)(H,41,42). The number of thiophene rings is 1. The second kappa shape index (κ2) is 13.6. The van der Waals surface area contributed by atoms with Crippen molar-refractivity contribution in [2.24, 2.45) is 0 Å². The molecular weight excluding hydrogens is 560 g/mol. The molecule has 0 saturated carbocycles. The van der Waals surface area contributed by atoms with E-state index in [1.807, 2.05) is 42.5 Å². The minimum absolute atomic E-state index is 0.110. The van der Waals surface area contributed by atoms with Crippen molar-refractivity contribution in [3.63, 3.8) is 0 Å². The van der Waals surface area contributed by atoms with Gasteiger partial charge in [0.25, 0.3) is 5.91 Å². The van der Waals surface area contributed by atoms with Crippen molar-refractivity contribution >= 4 is 41.3 Å². The first kappa shape index (κ1) is 31.3. The number of benzene rings is 2. The lowest BCUT2D eigenvalue weighted by atomic mass is 9.95. The Balaban J connectivity index is 1.46. The average molecular weight is 597 g/mol. The fraction of sp³-hybridized carbons (Fsp3) is 0.265. The number of carboxylic acid groups (broad SMARTS) is 1. The number of hydrogen-bond acceptors (Lipinski definition) is 6. The maximum absolute atomic E-state index is 13.1. The predicted octanol–water partition coefficient (Wildman–Crippen LogP) is 5.91. The molecule has 0 fully saturated rings. The number of aromatic nitrogens is 2. The van der Waals surface area contributed by atoms with Gasteiger partial charge in [0.05, 0.1) is 4.88 Å². The molecule has 0 aliphatic carbocycles. The van der Waals surface area contributed by atoms with Crippen LogP contribution in [0.3, 0.4) is 0 Å². The maximum atomic E-state index is 13.1. The predicted molar refractivity (Wildman–Crippen MR) is 171 cm³/mol. The van der Waals surface area contributed by atoms with Gasteiger partial charge in [0.1, 0.15) is 12.1 Å². The van der Waals surface area contributed by atoms with Crippen molar-refractivity contribution in [2.45, 2.75) is 58.5 Å². The highest BCUT2D eigenvalue weighted by Crippen LogP contribution is 2.29. The fourth-order valence-corrected chi connectivity index (χ4v) is 5.11. The van der Waals surface area contributed by atoms with Gasteiger partial charge in [-0.15, -0.1) is 11.3 Å². The van der Waals surface area contributed by atoms with E-state index in [-0.39, 0.29) is 17.7 Å². The molecule has 8 nitrogen and oxygen atoms in total. The zero-order valence-electron chi connectivity index (χ0n) is 24.9. The van der Waals surface area contributed by atoms with Gasteiger partial charge >= 0.3 is 5.97 Å². The number of aliphatic carboxylic acids is 1. The van der Waals surface area contributed by atoms with Crippen LogP contribution in [0.25, 0.3) is 23.5 Å². The van der Waals surface area contributed by atoms with E-state index in [4.69, 9.17) is 0 Å². The third kappa shape index (κ3) is 8.68. The lowest BCUT2D eigenvalue weighted by Crippen LogP contribution is -2.51. The molecule has 9 heteroatoms. The van der Waals surface area contributed by atoms with Crippen LogP contribution in [0.4, 0.5) is 0 Å². The van der Waals surface area contributed by atoms with Crippen LogP contribution in [0, 0.1) is 6.92 Å². The monoisotopic (exact) mass is 596 g/mol. The Labute approximate surface area is 255 Å². The first-order chi connectivity index (χ1) is 20.4. The van der Waals surface area contributed by atoms with E-state index in [1.54, 1.807) is 18.5 Å². The summed E-state index contributed by atoms with van der Waals surface area (Å²) in [6.07, 6.45) is 7.66. The molecule has 2 aromatic carbocycles. The Bertz CT molecular complexity index is 1600. The number of nitrogens with one attached hydrogen (secondary N) is 2. The van der Waals surface area contributed by atoms with Crippen LogP contribution in [-0.2, 0) is 21.4 Å². The van der Waals surface area contributed by atoms with E-state index < -0.39 is 24.0 Å². The molecule has 3 N–H and O–H groups in total. The van der Waals surface area contributed by atoms with E-state index in [1.165, 1.54) is 23.8 Å². The maximum Gasteiger partial charge on any atom is 0.325 e. The molecule has 0 aliphatic rings. The number of hydrogen-bond donors (Lipinski definition) is 3. The largest absolute Gasteiger partial charge is 0.480 e. The second-order valence-corrected chi connectivity index (χ2v) is 12.6. The summed E-state index contributed by atoms with van der Waals surface area (Å²) < 4.78 is 0. The Hall–Kier alpha value is -4.63. The average Bonchev–Trinajstić information content (AvgIpc) is 3.49. The van der Waals surface area contributed by atoms with Gasteiger partial charge in [-0.2, -0.15) is 0 Å². The van der Waals surface area contributed by atoms with Crippen molar-refractivity contribution in [2.75, 3.05) is 0 Å². The van der Waals surface area contributed by atoms with E-state index in [0.717, 1.165) is 27.1 Å². The van der Waals surface area contributed by atoms with E-state index in [9.17, 15) is 19.5 Å². The van der Waals surface area contributed by atoms with Crippen molar-refractivity contribution in [1.29, 1.82) is 0 Å². The van der Waals surface area contributed by atoms with Crippen molar-refractivity contribution < 1.29 is 19.5 Å². The summed E-state index contributed by atoms with van der Waals surface area (Å²) in [5.41, 5.74) is 4.65. The van der Waals surface area contributed by atoms with Crippen LogP contribution in [0.1, 0.15) is 64.5 Å². The summed E-state index contributed by atoms with van der Waals surface area (Å²) in [4.78, 5) is 48.0. The molecular formula is C34H36N4O4S. The zero-order chi connectivity index (χ0) is 31.1. The molecule has 222 valence electrons. The fourth-order valence-electron chi connectivity index (χ4n) is 4.15. The molecule has 2 unspecified atom stereocenters. The molecule has 4 aromatic rings. The summed E-state index contributed by atoms with van der Waals surface area (Å²) in [5.74, 6) is -1.56. The number of aryl methyl sites for hydroxylation is 1. The summed E-state index contributed by atoms with van der Waals surface area (Å²) >= 11 is 1.37. The Morgan fingerprint density at radius 1 is 0.884 bits per heavy atom. The summed E-state index contributed by atoms with van der Waals surface area (Å²) in [6.45, 7) is 9.63. The highest BCUT2D eigenvalue weighted by atomic mass is 32.1. The number of amides is 2. The number of rotatable bonds is 10. The minimum Gasteiger partial charge on any atom is -0.480 e. The van der Waals surface area contributed by atoms with Crippen LogP contribution < -0.4 is 10.6 Å². The van der Waals surface area contributed by atoms with Gasteiger partial charge in [0.2, 0.25) is 5.91 Å². The third-order valence-electron chi connectivity index (χ3n) is 6.79. The minimum atomic E-state index is -1.16. The van der Waals surface area contributed by atoms with Gasteiger partial charge in [-0.05, 0) is 42.5 Å². The number of carbonyl (C=O) groups excluding carboxylic acids is 2. The number of carbonyl (C=O) groups is 3. The Morgan fingerprint density at radius 3 is 2.09 bits per heavy atom. The molecule has 0 spiro atoms. The number of nitrogens with zero attached hydrogens (tertiary/aromatic N) is 2. The van der Waals surface area contributed by atoms with Gasteiger partial charge in [-0.1, -0.05) is 87.0 Å². The third-order valence-corrected chi connectivity index (χ3v) is 8.30. The van der Waals surface area contributed by atoms with Crippen LogP contribution in [0.15, 0.2) is 73.1 Å². The summed E-state index contributed by atoms with van der Waals surface area (Å²) in [5, 5.41) is 14.6. The Morgan fingerprint density at radius 2 is 1.51 bits per heavy atom. The molecule has 2 aromatic heterocycles. The van der Waals surface area contributed by atoms with E-state index >= 15 is 0 Å². The Kier molecular flexibility index (Phi) is 9.88. The molecule has 0 radical (unpaired) electrons. The first-order valence-corrected chi connectivity index (χ1v) is 14.8. The molecule has 2 atom stereocenters.